The molecule has 1 heterocycles. The molecule has 100 valence electrons. The molecule has 1 aromatic rings. The molecular weight excluding hydrogens is 302 g/mol. The molecule has 0 aliphatic carbocycles. The second-order valence-electron chi connectivity index (χ2n) is 3.06. The van der Waals surface area contributed by atoms with Gasteiger partial charge in [0, 0.05) is 12.4 Å². The maximum absolute atomic E-state index is 11.3. The fourth-order valence-corrected chi connectivity index (χ4v) is 1.32. The van der Waals surface area contributed by atoms with Gasteiger partial charge in [-0.2, -0.15) is 0 Å². The highest BCUT2D eigenvalue weighted by molar-refractivity contribution is 6.68. The predicted molar refractivity (Wildman–Crippen MR) is 69.9 cm³/mol. The number of hydrogen-bond acceptors (Lipinski definition) is 5. The molecule has 1 unspecified atom stereocenters. The Morgan fingerprint density at radius 3 is 2.56 bits per heavy atom. The zero-order valence-electron chi connectivity index (χ0n) is 9.36. The molecule has 2 N–H and O–H groups in total. The van der Waals surface area contributed by atoms with Gasteiger partial charge in [-0.1, -0.05) is 34.8 Å². The highest BCUT2D eigenvalue weighted by atomic mass is 35.6. The number of aromatic nitrogens is 2. The third kappa shape index (κ3) is 5.12. The van der Waals surface area contributed by atoms with Gasteiger partial charge < -0.3 is 10.1 Å². The first-order chi connectivity index (χ1) is 8.43. The van der Waals surface area contributed by atoms with Crippen molar-refractivity contribution in [1.82, 2.24) is 15.3 Å². The number of carbonyl (C=O) groups is 1. The van der Waals surface area contributed by atoms with Crippen molar-refractivity contribution in [2.45, 2.75) is 16.9 Å². The smallest absolute Gasteiger partial charge is 0.408 e. The van der Waals surface area contributed by atoms with Gasteiger partial charge in [-0.25, -0.2) is 14.8 Å². The van der Waals surface area contributed by atoms with E-state index in [0.29, 0.717) is 0 Å². The van der Waals surface area contributed by atoms with Crippen molar-refractivity contribution in [1.29, 1.82) is 0 Å². The average Bonchev–Trinajstić information content (AvgIpc) is 2.28. The van der Waals surface area contributed by atoms with Gasteiger partial charge in [0.15, 0.2) is 6.17 Å². The molecule has 1 aromatic heterocycles. The maximum atomic E-state index is 11.3. The number of hydrogen-bond donors (Lipinski definition) is 2. The molecule has 1 amide bonds. The number of amides is 1. The van der Waals surface area contributed by atoms with Crippen molar-refractivity contribution in [3.8, 4) is 0 Å². The van der Waals surface area contributed by atoms with Gasteiger partial charge in [-0.3, -0.25) is 5.32 Å². The number of carbonyl (C=O) groups excluding carboxylic acids is 1. The Hall–Kier alpha value is -0.980. The Bertz CT molecular complexity index is 385. The van der Waals surface area contributed by atoms with Crippen LogP contribution in [-0.4, -0.2) is 32.6 Å². The number of rotatable bonds is 4. The molecule has 0 aromatic carbocycles. The molecule has 0 aliphatic rings. The molecule has 0 saturated carbocycles. The van der Waals surface area contributed by atoms with E-state index in [4.69, 9.17) is 39.5 Å². The van der Waals surface area contributed by atoms with E-state index in [-0.39, 0.29) is 12.6 Å². The molecule has 1 atom stereocenters. The van der Waals surface area contributed by atoms with Crippen molar-refractivity contribution < 1.29 is 9.53 Å². The number of nitrogens with zero attached hydrogens (tertiary/aromatic N) is 2. The number of ether oxygens (including phenoxy) is 1. The van der Waals surface area contributed by atoms with E-state index in [1.54, 1.807) is 13.0 Å². The molecular formula is C9H11Cl3N4O2. The summed E-state index contributed by atoms with van der Waals surface area (Å²) in [6.07, 6.45) is 1.28. The van der Waals surface area contributed by atoms with Crippen LogP contribution < -0.4 is 10.6 Å². The van der Waals surface area contributed by atoms with Crippen LogP contribution in [0, 0.1) is 0 Å². The second kappa shape index (κ2) is 6.82. The molecule has 0 aliphatic heterocycles. The number of nitrogens with one attached hydrogen (secondary N) is 2. The largest absolute Gasteiger partial charge is 0.450 e. The topological polar surface area (TPSA) is 76.1 Å². The first kappa shape index (κ1) is 15.1. The van der Waals surface area contributed by atoms with E-state index in [9.17, 15) is 4.79 Å². The lowest BCUT2D eigenvalue weighted by molar-refractivity contribution is 0.149. The number of halogens is 3. The highest BCUT2D eigenvalue weighted by Crippen LogP contribution is 2.30. The molecule has 0 fully saturated rings. The van der Waals surface area contributed by atoms with Crippen LogP contribution in [0.1, 0.15) is 6.92 Å². The van der Waals surface area contributed by atoms with E-state index < -0.39 is 16.1 Å². The lowest BCUT2D eigenvalue weighted by atomic mass is 10.5. The Balaban J connectivity index is 2.71. The van der Waals surface area contributed by atoms with Crippen molar-refractivity contribution in [3.63, 3.8) is 0 Å². The van der Waals surface area contributed by atoms with E-state index in [1.807, 2.05) is 0 Å². The summed E-state index contributed by atoms with van der Waals surface area (Å²) in [7, 11) is 0. The monoisotopic (exact) mass is 312 g/mol. The Morgan fingerprint density at radius 2 is 2.06 bits per heavy atom. The molecule has 0 saturated heterocycles. The van der Waals surface area contributed by atoms with Gasteiger partial charge in [0.05, 0.1) is 6.61 Å². The molecule has 6 nitrogen and oxygen atoms in total. The van der Waals surface area contributed by atoms with Crippen LogP contribution in [0.3, 0.4) is 0 Å². The minimum atomic E-state index is -1.79. The van der Waals surface area contributed by atoms with Crippen molar-refractivity contribution in [3.05, 3.63) is 18.5 Å². The summed E-state index contributed by atoms with van der Waals surface area (Å²) >= 11 is 17.2. The third-order valence-corrected chi connectivity index (χ3v) is 2.36. The Kier molecular flexibility index (Phi) is 5.71. The zero-order chi connectivity index (χ0) is 13.6. The van der Waals surface area contributed by atoms with E-state index >= 15 is 0 Å². The van der Waals surface area contributed by atoms with Gasteiger partial charge >= 0.3 is 6.09 Å². The minimum Gasteiger partial charge on any atom is -0.450 e. The van der Waals surface area contributed by atoms with Gasteiger partial charge in [-0.05, 0) is 13.0 Å². The van der Waals surface area contributed by atoms with E-state index in [2.05, 4.69) is 20.6 Å². The second-order valence-corrected chi connectivity index (χ2v) is 5.43. The summed E-state index contributed by atoms with van der Waals surface area (Å²) in [4.78, 5) is 19.1. The number of anilines is 1. The number of alkyl carbamates (subject to hydrolysis) is 1. The van der Waals surface area contributed by atoms with Crippen LogP contribution in [0.4, 0.5) is 10.7 Å². The van der Waals surface area contributed by atoms with Crippen molar-refractivity contribution in [2.24, 2.45) is 0 Å². The van der Waals surface area contributed by atoms with Crippen LogP contribution in [0.5, 0.6) is 0 Å². The molecule has 0 spiro atoms. The first-order valence-corrected chi connectivity index (χ1v) is 6.10. The van der Waals surface area contributed by atoms with Gasteiger partial charge in [0.25, 0.3) is 0 Å². The van der Waals surface area contributed by atoms with E-state index in [1.165, 1.54) is 12.4 Å². The molecule has 18 heavy (non-hydrogen) atoms. The Morgan fingerprint density at radius 1 is 1.44 bits per heavy atom. The standard InChI is InChI=1S/C9H11Cl3N4O2/c1-2-18-8(17)16-6(9(10,11)12)15-7-13-4-3-5-14-7/h3-6H,2H2,1H3,(H,16,17)(H,13,14,15). The van der Waals surface area contributed by atoms with Crippen LogP contribution >= 0.6 is 34.8 Å². The van der Waals surface area contributed by atoms with E-state index in [0.717, 1.165) is 0 Å². The summed E-state index contributed by atoms with van der Waals surface area (Å²) < 4.78 is 2.91. The van der Waals surface area contributed by atoms with Crippen molar-refractivity contribution >= 4 is 46.8 Å². The van der Waals surface area contributed by atoms with Crippen molar-refractivity contribution in [2.75, 3.05) is 11.9 Å². The van der Waals surface area contributed by atoms with Gasteiger partial charge in [-0.15, -0.1) is 0 Å². The summed E-state index contributed by atoms with van der Waals surface area (Å²) in [6, 6.07) is 1.63. The molecule has 9 heteroatoms. The fraction of sp³-hybridized carbons (Fsp3) is 0.444. The van der Waals surface area contributed by atoms with Crippen LogP contribution in [0.2, 0.25) is 0 Å². The lowest BCUT2D eigenvalue weighted by Gasteiger charge is -2.25. The number of alkyl halides is 3. The summed E-state index contributed by atoms with van der Waals surface area (Å²) in [6.45, 7) is 1.87. The van der Waals surface area contributed by atoms with Gasteiger partial charge in [0.1, 0.15) is 0 Å². The minimum absolute atomic E-state index is 0.209. The maximum Gasteiger partial charge on any atom is 0.408 e. The molecule has 1 rings (SSSR count). The van der Waals surface area contributed by atoms with Crippen LogP contribution in [0.25, 0.3) is 0 Å². The van der Waals surface area contributed by atoms with Crippen LogP contribution in [-0.2, 0) is 4.74 Å². The summed E-state index contributed by atoms with van der Waals surface area (Å²) in [5, 5.41) is 5.04. The molecule has 0 bridgehead atoms. The quantitative estimate of drug-likeness (QED) is 0.659. The predicted octanol–water partition coefficient (Wildman–Crippen LogP) is 2.33. The lowest BCUT2D eigenvalue weighted by Crippen LogP contribution is -2.49. The highest BCUT2D eigenvalue weighted by Gasteiger charge is 2.35. The molecule has 0 radical (unpaired) electrons. The fourth-order valence-electron chi connectivity index (χ4n) is 0.993. The Labute approximate surface area is 119 Å². The first-order valence-electron chi connectivity index (χ1n) is 4.97. The average molecular weight is 314 g/mol. The van der Waals surface area contributed by atoms with Crippen LogP contribution in [0.15, 0.2) is 18.5 Å². The van der Waals surface area contributed by atoms with Gasteiger partial charge in [0.2, 0.25) is 9.74 Å². The summed E-state index contributed by atoms with van der Waals surface area (Å²) in [5.41, 5.74) is 0. The zero-order valence-corrected chi connectivity index (χ0v) is 11.6. The normalized spacial score (nSPS) is 12.7. The summed E-state index contributed by atoms with van der Waals surface area (Å²) in [5.74, 6) is 0.214. The SMILES string of the molecule is CCOC(=O)NC(Nc1ncccn1)C(Cl)(Cl)Cl. The third-order valence-electron chi connectivity index (χ3n) is 1.70.